The molecule has 2 heterocycles. The number of hydrogen-bond donors (Lipinski definition) is 1. The summed E-state index contributed by atoms with van der Waals surface area (Å²) < 4.78 is 5.90. The summed E-state index contributed by atoms with van der Waals surface area (Å²) in [6, 6.07) is 8.59. The molecule has 0 aliphatic carbocycles. The molecule has 1 fully saturated rings. The number of likely N-dealkylation sites (tertiary alicyclic amines) is 1. The van der Waals surface area contributed by atoms with E-state index in [4.69, 9.17) is 17.2 Å². The van der Waals surface area contributed by atoms with Crippen LogP contribution in [-0.2, 0) is 9.53 Å². The molecule has 5 nitrogen and oxygen atoms in total. The van der Waals surface area contributed by atoms with Gasteiger partial charge in [-0.25, -0.2) is 4.98 Å². The van der Waals surface area contributed by atoms with Crippen molar-refractivity contribution in [2.75, 3.05) is 20.2 Å². The lowest BCUT2D eigenvalue weighted by atomic mass is 10.0. The highest BCUT2D eigenvalue weighted by Gasteiger charge is 2.28. The topological polar surface area (TPSA) is 54.5 Å². The Morgan fingerprint density at radius 2 is 2.19 bits per heavy atom. The number of rotatable bonds is 7. The number of piperidine rings is 1. The molecule has 1 saturated heterocycles. The van der Waals surface area contributed by atoms with E-state index < -0.39 is 0 Å². The van der Waals surface area contributed by atoms with Gasteiger partial charge >= 0.3 is 5.97 Å². The average molecular weight is 406 g/mol. The molecule has 0 bridgehead atoms. The second-order valence-electron chi connectivity index (χ2n) is 6.84. The highest BCUT2D eigenvalue weighted by atomic mass is 32.1. The van der Waals surface area contributed by atoms with E-state index in [1.165, 1.54) is 24.7 Å². The number of carbonyl (C=O) groups is 1. The third-order valence-electron chi connectivity index (χ3n) is 4.92. The van der Waals surface area contributed by atoms with Crippen LogP contribution < -0.4 is 5.32 Å². The monoisotopic (exact) mass is 405 g/mol. The summed E-state index contributed by atoms with van der Waals surface area (Å²) in [4.78, 5) is 18.3. The third-order valence-corrected chi connectivity index (χ3v) is 6.44. The first-order valence-corrected chi connectivity index (χ1v) is 10.9. The number of unbranched alkanes of at least 4 members (excludes halogenated alkanes) is 2. The molecule has 0 amide bonds. The molecule has 1 aliphatic rings. The Balaban J connectivity index is 1.52. The van der Waals surface area contributed by atoms with E-state index in [0.29, 0.717) is 6.42 Å². The zero-order valence-corrected chi connectivity index (χ0v) is 17.4. The fourth-order valence-electron chi connectivity index (χ4n) is 3.43. The quantitative estimate of drug-likeness (QED) is 0.418. The van der Waals surface area contributed by atoms with Gasteiger partial charge < -0.3 is 15.0 Å². The molecule has 3 rings (SSSR count). The average Bonchev–Trinajstić information content (AvgIpc) is 3.14. The van der Waals surface area contributed by atoms with Crippen molar-refractivity contribution in [2.45, 2.75) is 51.0 Å². The Hall–Kier alpha value is -1.73. The number of para-hydroxylation sites is 1. The van der Waals surface area contributed by atoms with Crippen molar-refractivity contribution in [2.24, 2.45) is 0 Å². The molecule has 0 radical (unpaired) electrons. The molecule has 1 aromatic carbocycles. The first kappa shape index (κ1) is 20.0. The van der Waals surface area contributed by atoms with E-state index in [2.05, 4.69) is 33.2 Å². The number of thiazole rings is 1. The molecule has 1 atom stereocenters. The number of thiocarbonyl (C=S) groups is 1. The Labute approximate surface area is 170 Å². The van der Waals surface area contributed by atoms with Crippen LogP contribution in [0, 0.1) is 0 Å². The SMILES string of the molecule is COC(=O)CCCCCNC(=S)N1CCCC[C@@H]1c1nc2ccccc2s1. The van der Waals surface area contributed by atoms with Gasteiger partial charge in [-0.15, -0.1) is 11.3 Å². The van der Waals surface area contributed by atoms with Gasteiger partial charge in [0.25, 0.3) is 0 Å². The van der Waals surface area contributed by atoms with Crippen molar-refractivity contribution in [3.05, 3.63) is 29.3 Å². The van der Waals surface area contributed by atoms with Gasteiger partial charge in [0.2, 0.25) is 0 Å². The number of ether oxygens (including phenoxy) is 1. The molecule has 0 spiro atoms. The van der Waals surface area contributed by atoms with Crippen molar-refractivity contribution >= 4 is 44.9 Å². The maximum absolute atomic E-state index is 11.1. The molecule has 0 saturated carbocycles. The van der Waals surface area contributed by atoms with Crippen LogP contribution in [0.4, 0.5) is 0 Å². The van der Waals surface area contributed by atoms with Gasteiger partial charge in [-0.05, 0) is 56.5 Å². The molecule has 146 valence electrons. The summed E-state index contributed by atoms with van der Waals surface area (Å²) in [6.07, 6.45) is 6.82. The van der Waals surface area contributed by atoms with Crippen LogP contribution in [0.25, 0.3) is 10.2 Å². The van der Waals surface area contributed by atoms with Crippen molar-refractivity contribution in [1.29, 1.82) is 0 Å². The van der Waals surface area contributed by atoms with Gasteiger partial charge in [-0.1, -0.05) is 18.6 Å². The maximum Gasteiger partial charge on any atom is 0.305 e. The van der Waals surface area contributed by atoms with Crippen LogP contribution in [0.2, 0.25) is 0 Å². The third kappa shape index (κ3) is 5.39. The van der Waals surface area contributed by atoms with Crippen LogP contribution >= 0.6 is 23.6 Å². The molecule has 27 heavy (non-hydrogen) atoms. The van der Waals surface area contributed by atoms with Crippen molar-refractivity contribution < 1.29 is 9.53 Å². The predicted molar refractivity (Wildman–Crippen MR) is 114 cm³/mol. The summed E-state index contributed by atoms with van der Waals surface area (Å²) in [5.74, 6) is -0.134. The summed E-state index contributed by atoms with van der Waals surface area (Å²) in [5, 5.41) is 5.40. The van der Waals surface area contributed by atoms with Gasteiger partial charge in [-0.3, -0.25) is 4.79 Å². The predicted octanol–water partition coefficient (Wildman–Crippen LogP) is 4.43. The van der Waals surface area contributed by atoms with Gasteiger partial charge in [0.15, 0.2) is 5.11 Å². The first-order chi connectivity index (χ1) is 13.2. The van der Waals surface area contributed by atoms with Crippen molar-refractivity contribution in [3.8, 4) is 0 Å². The number of methoxy groups -OCH3 is 1. The molecule has 1 aromatic heterocycles. The molecule has 7 heteroatoms. The van der Waals surface area contributed by atoms with Crippen molar-refractivity contribution in [3.63, 3.8) is 0 Å². The summed E-state index contributed by atoms with van der Waals surface area (Å²) in [7, 11) is 1.43. The number of hydrogen-bond acceptors (Lipinski definition) is 5. The van der Waals surface area contributed by atoms with E-state index in [9.17, 15) is 4.79 Å². The number of nitrogens with zero attached hydrogens (tertiary/aromatic N) is 2. The van der Waals surface area contributed by atoms with Gasteiger partial charge in [0.05, 0.1) is 23.4 Å². The molecule has 1 aliphatic heterocycles. The Bertz CT molecular complexity index is 744. The fourth-order valence-corrected chi connectivity index (χ4v) is 4.87. The summed E-state index contributed by atoms with van der Waals surface area (Å²) >= 11 is 7.47. The summed E-state index contributed by atoms with van der Waals surface area (Å²) in [6.45, 7) is 1.82. The highest BCUT2D eigenvalue weighted by molar-refractivity contribution is 7.80. The lowest BCUT2D eigenvalue weighted by Crippen LogP contribution is -2.44. The number of benzene rings is 1. The van der Waals surface area contributed by atoms with Crippen LogP contribution in [-0.4, -0.2) is 41.2 Å². The standard InChI is InChI=1S/C20H27N3O2S2/c1-25-18(24)12-3-2-7-13-21-20(26)23-14-8-6-10-16(23)19-22-15-9-4-5-11-17(15)27-19/h4-5,9,11,16H,2-3,6-8,10,12-14H2,1H3,(H,21,26)/t16-/m1/s1. The Morgan fingerprint density at radius 1 is 1.33 bits per heavy atom. The number of carbonyl (C=O) groups excluding carboxylic acids is 1. The van der Waals surface area contributed by atoms with Gasteiger partial charge in [-0.2, -0.15) is 0 Å². The van der Waals surface area contributed by atoms with E-state index >= 15 is 0 Å². The lowest BCUT2D eigenvalue weighted by molar-refractivity contribution is -0.140. The number of fused-ring (bicyclic) bond motifs is 1. The number of aromatic nitrogens is 1. The molecule has 2 aromatic rings. The minimum Gasteiger partial charge on any atom is -0.469 e. The second-order valence-corrected chi connectivity index (χ2v) is 8.29. The molecule has 1 N–H and O–H groups in total. The zero-order chi connectivity index (χ0) is 19.1. The lowest BCUT2D eigenvalue weighted by Gasteiger charge is -2.36. The van der Waals surface area contributed by atoms with E-state index in [1.54, 1.807) is 11.3 Å². The highest BCUT2D eigenvalue weighted by Crippen LogP contribution is 2.35. The second kappa shape index (κ2) is 9.99. The summed E-state index contributed by atoms with van der Waals surface area (Å²) in [5.41, 5.74) is 1.08. The number of nitrogens with one attached hydrogen (secondary N) is 1. The van der Waals surface area contributed by atoms with Crippen molar-refractivity contribution in [1.82, 2.24) is 15.2 Å². The Kier molecular flexibility index (Phi) is 7.41. The van der Waals surface area contributed by atoms with E-state index in [-0.39, 0.29) is 12.0 Å². The molecule has 0 unspecified atom stereocenters. The van der Waals surface area contributed by atoms with Crippen LogP contribution in [0.1, 0.15) is 56.0 Å². The largest absolute Gasteiger partial charge is 0.469 e. The van der Waals surface area contributed by atoms with Crippen LogP contribution in [0.15, 0.2) is 24.3 Å². The van der Waals surface area contributed by atoms with Gasteiger partial charge in [0.1, 0.15) is 5.01 Å². The Morgan fingerprint density at radius 3 is 3.00 bits per heavy atom. The fraction of sp³-hybridized carbons (Fsp3) is 0.550. The molecular formula is C20H27N3O2S2. The van der Waals surface area contributed by atoms with Gasteiger partial charge in [0, 0.05) is 19.5 Å². The van der Waals surface area contributed by atoms with Crippen LogP contribution in [0.5, 0.6) is 0 Å². The number of esters is 1. The van der Waals surface area contributed by atoms with E-state index in [0.717, 1.165) is 54.4 Å². The minimum absolute atomic E-state index is 0.134. The zero-order valence-electron chi connectivity index (χ0n) is 15.8. The molecular weight excluding hydrogens is 378 g/mol. The van der Waals surface area contributed by atoms with Crippen LogP contribution in [0.3, 0.4) is 0 Å². The minimum atomic E-state index is -0.134. The maximum atomic E-state index is 11.1. The normalized spacial score (nSPS) is 17.1. The van der Waals surface area contributed by atoms with E-state index in [1.807, 2.05) is 6.07 Å². The smallest absolute Gasteiger partial charge is 0.305 e. The first-order valence-electron chi connectivity index (χ1n) is 9.66.